The van der Waals surface area contributed by atoms with E-state index in [1.165, 1.54) is 49.6 Å². The van der Waals surface area contributed by atoms with Crippen LogP contribution in [0.15, 0.2) is 48.5 Å². The van der Waals surface area contributed by atoms with E-state index in [1.54, 1.807) is 6.07 Å². The van der Waals surface area contributed by atoms with E-state index in [9.17, 15) is 18.4 Å². The molecule has 2 rings (SSSR count). The highest BCUT2D eigenvalue weighted by molar-refractivity contribution is 6.30. The monoisotopic (exact) mass is 396 g/mol. The van der Waals surface area contributed by atoms with Crippen molar-refractivity contribution in [2.24, 2.45) is 0 Å². The predicted octanol–water partition coefficient (Wildman–Crippen LogP) is 3.42. The van der Waals surface area contributed by atoms with Crippen LogP contribution in [0.25, 0.3) is 6.08 Å². The molecule has 0 unspecified atom stereocenters. The van der Waals surface area contributed by atoms with Crippen LogP contribution in [0.5, 0.6) is 11.5 Å². The van der Waals surface area contributed by atoms with Gasteiger partial charge in [-0.1, -0.05) is 23.7 Å². The topological polar surface area (TPSA) is 76.7 Å². The maximum atomic E-state index is 12.6. The van der Waals surface area contributed by atoms with Gasteiger partial charge in [-0.15, -0.1) is 0 Å². The van der Waals surface area contributed by atoms with Crippen LogP contribution in [0.4, 0.5) is 8.78 Å². The number of ether oxygens (including phenoxy) is 2. The minimum absolute atomic E-state index is 0.0916. The molecule has 2 amide bonds. The van der Waals surface area contributed by atoms with Crippen molar-refractivity contribution < 1.29 is 27.8 Å². The fraction of sp³-hybridized carbons (Fsp3) is 0.111. The molecule has 0 saturated carbocycles. The summed E-state index contributed by atoms with van der Waals surface area (Å²) in [4.78, 5) is 23.7. The zero-order chi connectivity index (χ0) is 19.8. The molecule has 2 aromatic rings. The number of alkyl halides is 2. The summed E-state index contributed by atoms with van der Waals surface area (Å²) in [6.07, 6.45) is 2.30. The molecule has 142 valence electrons. The fourth-order valence-corrected chi connectivity index (χ4v) is 2.16. The molecule has 0 radical (unpaired) electrons. The number of methoxy groups -OCH3 is 1. The van der Waals surface area contributed by atoms with Crippen LogP contribution < -0.4 is 20.3 Å². The fourth-order valence-electron chi connectivity index (χ4n) is 2.04. The van der Waals surface area contributed by atoms with Gasteiger partial charge in [-0.2, -0.15) is 8.78 Å². The average Bonchev–Trinajstić information content (AvgIpc) is 2.65. The highest BCUT2D eigenvalue weighted by Gasteiger charge is 2.14. The van der Waals surface area contributed by atoms with Crippen LogP contribution >= 0.6 is 11.6 Å². The van der Waals surface area contributed by atoms with E-state index < -0.39 is 18.4 Å². The first kappa shape index (κ1) is 20.2. The molecule has 0 bridgehead atoms. The van der Waals surface area contributed by atoms with Gasteiger partial charge in [-0.3, -0.25) is 20.4 Å². The summed E-state index contributed by atoms with van der Waals surface area (Å²) in [6, 6.07) is 10.5. The molecule has 0 aliphatic rings. The Morgan fingerprint density at radius 2 is 1.81 bits per heavy atom. The first-order valence-corrected chi connectivity index (χ1v) is 7.94. The number of hydrogen-bond acceptors (Lipinski definition) is 4. The number of halogens is 3. The average molecular weight is 397 g/mol. The Hall–Kier alpha value is -3.13. The molecule has 0 saturated heterocycles. The lowest BCUT2D eigenvalue weighted by Crippen LogP contribution is -2.40. The molecule has 0 atom stereocenters. The van der Waals surface area contributed by atoms with E-state index in [0.717, 1.165) is 6.08 Å². The van der Waals surface area contributed by atoms with Crippen molar-refractivity contribution in [2.45, 2.75) is 6.61 Å². The van der Waals surface area contributed by atoms with Gasteiger partial charge in [0.2, 0.25) is 0 Å². The highest BCUT2D eigenvalue weighted by Crippen LogP contribution is 2.33. The summed E-state index contributed by atoms with van der Waals surface area (Å²) in [5.74, 6) is -1.34. The third-order valence-electron chi connectivity index (χ3n) is 3.26. The van der Waals surface area contributed by atoms with Crippen molar-refractivity contribution in [3.63, 3.8) is 0 Å². The smallest absolute Gasteiger partial charge is 0.387 e. The SMILES string of the molecule is COc1cccc(/C=C/C(=O)NNC(=O)c2ccc(Cl)cc2)c1OC(F)F. The van der Waals surface area contributed by atoms with Gasteiger partial charge < -0.3 is 9.47 Å². The summed E-state index contributed by atoms with van der Waals surface area (Å²) in [6.45, 7) is -3.05. The molecular weight excluding hydrogens is 382 g/mol. The summed E-state index contributed by atoms with van der Waals surface area (Å²) >= 11 is 5.73. The van der Waals surface area contributed by atoms with Crippen LogP contribution in [0.2, 0.25) is 5.02 Å². The molecule has 0 aliphatic carbocycles. The van der Waals surface area contributed by atoms with E-state index >= 15 is 0 Å². The zero-order valence-electron chi connectivity index (χ0n) is 14.0. The third kappa shape index (κ3) is 5.96. The number of hydrogen-bond donors (Lipinski definition) is 2. The summed E-state index contributed by atoms with van der Waals surface area (Å²) in [7, 11) is 1.31. The number of nitrogens with one attached hydrogen (secondary N) is 2. The Morgan fingerprint density at radius 1 is 1.11 bits per heavy atom. The Bertz CT molecular complexity index is 842. The van der Waals surface area contributed by atoms with Crippen molar-refractivity contribution in [3.8, 4) is 11.5 Å². The number of rotatable bonds is 6. The maximum Gasteiger partial charge on any atom is 0.387 e. The lowest BCUT2D eigenvalue weighted by atomic mass is 10.1. The van der Waals surface area contributed by atoms with Crippen molar-refractivity contribution in [3.05, 3.63) is 64.7 Å². The number of benzene rings is 2. The van der Waals surface area contributed by atoms with Crippen molar-refractivity contribution in [1.29, 1.82) is 0 Å². The first-order valence-electron chi connectivity index (χ1n) is 7.56. The molecule has 2 aromatic carbocycles. The van der Waals surface area contributed by atoms with E-state index in [2.05, 4.69) is 15.6 Å². The van der Waals surface area contributed by atoms with Gasteiger partial charge in [-0.25, -0.2) is 0 Å². The Kier molecular flexibility index (Phi) is 7.13. The molecule has 0 spiro atoms. The second kappa shape index (κ2) is 9.54. The lowest BCUT2D eigenvalue weighted by molar-refractivity contribution is -0.117. The Balaban J connectivity index is 2.02. The molecule has 6 nitrogen and oxygen atoms in total. The van der Waals surface area contributed by atoms with E-state index in [-0.39, 0.29) is 17.1 Å². The second-order valence-corrected chi connectivity index (χ2v) is 5.48. The number of amides is 2. The van der Waals surface area contributed by atoms with Gasteiger partial charge in [0.05, 0.1) is 7.11 Å². The van der Waals surface area contributed by atoms with Crippen LogP contribution in [0, 0.1) is 0 Å². The summed E-state index contributed by atoms with van der Waals surface area (Å²) < 4.78 is 34.6. The molecular formula is C18H15ClF2N2O4. The normalized spacial score (nSPS) is 10.7. The Morgan fingerprint density at radius 3 is 2.44 bits per heavy atom. The van der Waals surface area contributed by atoms with Gasteiger partial charge in [0.25, 0.3) is 11.8 Å². The zero-order valence-corrected chi connectivity index (χ0v) is 14.8. The molecule has 9 heteroatoms. The third-order valence-corrected chi connectivity index (χ3v) is 3.51. The minimum atomic E-state index is -3.05. The van der Waals surface area contributed by atoms with Crippen LogP contribution in [0.3, 0.4) is 0 Å². The largest absolute Gasteiger partial charge is 0.493 e. The molecule has 0 fully saturated rings. The van der Waals surface area contributed by atoms with Crippen molar-refractivity contribution in [2.75, 3.05) is 7.11 Å². The van der Waals surface area contributed by atoms with Gasteiger partial charge in [0.1, 0.15) is 0 Å². The number of para-hydroxylation sites is 1. The number of carbonyl (C=O) groups excluding carboxylic acids is 2. The van der Waals surface area contributed by atoms with Gasteiger partial charge in [0, 0.05) is 22.2 Å². The van der Waals surface area contributed by atoms with Crippen molar-refractivity contribution in [1.82, 2.24) is 10.9 Å². The molecule has 0 aromatic heterocycles. The minimum Gasteiger partial charge on any atom is -0.493 e. The van der Waals surface area contributed by atoms with Crippen LogP contribution in [-0.4, -0.2) is 25.5 Å². The first-order chi connectivity index (χ1) is 12.9. The molecule has 2 N–H and O–H groups in total. The predicted molar refractivity (Wildman–Crippen MR) is 95.7 cm³/mol. The standard InChI is InChI=1S/C18H15ClF2N2O4/c1-26-14-4-2-3-11(16(14)27-18(20)21)7-10-15(24)22-23-17(25)12-5-8-13(19)9-6-12/h2-10,18H,1H3,(H,22,24)(H,23,25)/b10-7+. The van der Waals surface area contributed by atoms with Crippen molar-refractivity contribution >= 4 is 29.5 Å². The summed E-state index contributed by atoms with van der Waals surface area (Å²) in [5, 5.41) is 0.471. The molecule has 0 aliphatic heterocycles. The maximum absolute atomic E-state index is 12.6. The summed E-state index contributed by atoms with van der Waals surface area (Å²) in [5.41, 5.74) is 4.89. The number of hydrazine groups is 1. The van der Waals surface area contributed by atoms with Crippen LogP contribution in [0.1, 0.15) is 15.9 Å². The van der Waals surface area contributed by atoms with E-state index in [0.29, 0.717) is 10.6 Å². The van der Waals surface area contributed by atoms with Crippen LogP contribution in [-0.2, 0) is 4.79 Å². The molecule has 27 heavy (non-hydrogen) atoms. The van der Waals surface area contributed by atoms with Gasteiger partial charge >= 0.3 is 6.61 Å². The van der Waals surface area contributed by atoms with Gasteiger partial charge in [0.15, 0.2) is 11.5 Å². The molecule has 0 heterocycles. The highest BCUT2D eigenvalue weighted by atomic mass is 35.5. The van der Waals surface area contributed by atoms with E-state index in [4.69, 9.17) is 16.3 Å². The second-order valence-electron chi connectivity index (χ2n) is 5.04. The quantitative estimate of drug-likeness (QED) is 0.579. The van der Waals surface area contributed by atoms with Gasteiger partial charge in [-0.05, 0) is 36.4 Å². The lowest BCUT2D eigenvalue weighted by Gasteiger charge is -2.12. The number of carbonyl (C=O) groups is 2. The Labute approximate surface area is 158 Å². The van der Waals surface area contributed by atoms with E-state index in [1.807, 2.05) is 0 Å².